The number of benzene rings is 2. The third-order valence-corrected chi connectivity index (χ3v) is 4.05. The minimum absolute atomic E-state index is 0.265. The first-order valence-electron chi connectivity index (χ1n) is 7.18. The summed E-state index contributed by atoms with van der Waals surface area (Å²) in [5, 5.41) is 1.60. The van der Waals surface area contributed by atoms with Crippen molar-refractivity contribution >= 4 is 22.3 Å². The number of rotatable bonds is 2. The normalized spacial score (nSPS) is 21.0. The lowest BCUT2D eigenvalue weighted by Crippen LogP contribution is -2.25. The molecule has 0 amide bonds. The monoisotopic (exact) mass is 282 g/mol. The van der Waals surface area contributed by atoms with E-state index in [1.807, 2.05) is 12.1 Å². The maximum absolute atomic E-state index is 12.1. The quantitative estimate of drug-likeness (QED) is 0.794. The molecule has 2 aliphatic rings. The van der Waals surface area contributed by atoms with Gasteiger partial charge in [0.05, 0.1) is 6.61 Å². The van der Waals surface area contributed by atoms with Crippen molar-refractivity contribution in [1.82, 2.24) is 0 Å². The molecule has 1 unspecified atom stereocenters. The fourth-order valence-corrected chi connectivity index (χ4v) is 3.04. The summed E-state index contributed by atoms with van der Waals surface area (Å²) in [5.41, 5.74) is 0.937. The Hall–Kier alpha value is -2.20. The average Bonchev–Trinajstić information content (AvgIpc) is 2.75. The first-order valence-corrected chi connectivity index (χ1v) is 7.18. The number of hydrogen-bond acceptors (Lipinski definition) is 4. The molecule has 4 heteroatoms. The average molecular weight is 282 g/mol. The van der Waals surface area contributed by atoms with Crippen molar-refractivity contribution in [2.75, 3.05) is 6.61 Å². The third-order valence-electron chi connectivity index (χ3n) is 4.05. The number of ether oxygens (including phenoxy) is 2. The summed E-state index contributed by atoms with van der Waals surface area (Å²) >= 11 is 0. The molecule has 4 nitrogen and oxygen atoms in total. The fraction of sp³-hybridized carbons (Fsp3) is 0.294. The predicted molar refractivity (Wildman–Crippen MR) is 76.8 cm³/mol. The Morgan fingerprint density at radius 3 is 2.71 bits per heavy atom. The van der Waals surface area contributed by atoms with Crippen LogP contribution in [0.3, 0.4) is 0 Å². The SMILES string of the molecule is O=C1C(=O)c2cc(OC3CCCCO3)cc3cccc1c23. The van der Waals surface area contributed by atoms with Gasteiger partial charge in [-0.2, -0.15) is 0 Å². The molecule has 21 heavy (non-hydrogen) atoms. The third kappa shape index (κ3) is 1.94. The lowest BCUT2D eigenvalue weighted by Gasteiger charge is -2.23. The fourth-order valence-electron chi connectivity index (χ4n) is 3.04. The Morgan fingerprint density at radius 1 is 1.05 bits per heavy atom. The van der Waals surface area contributed by atoms with E-state index in [1.54, 1.807) is 18.2 Å². The van der Waals surface area contributed by atoms with Crippen molar-refractivity contribution in [3.63, 3.8) is 0 Å². The summed E-state index contributed by atoms with van der Waals surface area (Å²) in [6, 6.07) is 8.91. The first kappa shape index (κ1) is 12.5. The summed E-state index contributed by atoms with van der Waals surface area (Å²) in [6.45, 7) is 0.701. The van der Waals surface area contributed by atoms with E-state index in [2.05, 4.69) is 0 Å². The molecule has 4 rings (SSSR count). The first-order chi connectivity index (χ1) is 10.2. The molecule has 106 valence electrons. The van der Waals surface area contributed by atoms with Crippen molar-refractivity contribution in [1.29, 1.82) is 0 Å². The molecular weight excluding hydrogens is 268 g/mol. The van der Waals surface area contributed by atoms with Crippen LogP contribution in [0.15, 0.2) is 30.3 Å². The van der Waals surface area contributed by atoms with Crippen molar-refractivity contribution < 1.29 is 19.1 Å². The van der Waals surface area contributed by atoms with Crippen LogP contribution in [0, 0.1) is 0 Å². The van der Waals surface area contributed by atoms with Crippen molar-refractivity contribution in [2.24, 2.45) is 0 Å². The summed E-state index contributed by atoms with van der Waals surface area (Å²) < 4.78 is 11.4. The van der Waals surface area contributed by atoms with Gasteiger partial charge in [0.2, 0.25) is 11.6 Å². The molecule has 2 aromatic rings. The highest BCUT2D eigenvalue weighted by Crippen LogP contribution is 2.34. The van der Waals surface area contributed by atoms with Crippen molar-refractivity contribution in [2.45, 2.75) is 25.6 Å². The maximum atomic E-state index is 12.1. The molecule has 0 bridgehead atoms. The largest absolute Gasteiger partial charge is 0.465 e. The van der Waals surface area contributed by atoms with Gasteiger partial charge in [-0.3, -0.25) is 9.59 Å². The van der Waals surface area contributed by atoms with Crippen LogP contribution in [-0.4, -0.2) is 24.5 Å². The Morgan fingerprint density at radius 2 is 1.90 bits per heavy atom. The molecule has 1 heterocycles. The molecule has 0 saturated carbocycles. The van der Waals surface area contributed by atoms with Crippen LogP contribution in [0.2, 0.25) is 0 Å². The molecular formula is C17H14O4. The molecule has 0 N–H and O–H groups in total. The lowest BCUT2D eigenvalue weighted by molar-refractivity contribution is -0.105. The van der Waals surface area contributed by atoms with E-state index in [4.69, 9.17) is 9.47 Å². The molecule has 0 radical (unpaired) electrons. The number of Topliss-reactive ketones (excluding diaryl/α,β-unsaturated/α-hetero) is 2. The van der Waals surface area contributed by atoms with Crippen LogP contribution in [0.1, 0.15) is 40.0 Å². The number of ketones is 2. The zero-order chi connectivity index (χ0) is 14.4. The Labute approximate surface area is 121 Å². The minimum atomic E-state index is -0.448. The van der Waals surface area contributed by atoms with E-state index in [-0.39, 0.29) is 6.29 Å². The van der Waals surface area contributed by atoms with Crippen LogP contribution in [-0.2, 0) is 4.74 Å². The van der Waals surface area contributed by atoms with Crippen LogP contribution < -0.4 is 4.74 Å². The molecule has 1 saturated heterocycles. The zero-order valence-electron chi connectivity index (χ0n) is 11.4. The summed E-state index contributed by atoms with van der Waals surface area (Å²) in [5.74, 6) is -0.289. The Kier molecular flexibility index (Phi) is 2.79. The maximum Gasteiger partial charge on any atom is 0.234 e. The van der Waals surface area contributed by atoms with E-state index in [0.717, 1.165) is 30.0 Å². The van der Waals surface area contributed by atoms with Crippen LogP contribution >= 0.6 is 0 Å². The standard InChI is InChI=1S/C17H14O4/c18-16-12-5-3-4-10-8-11(9-13(15(10)12)17(16)19)21-14-6-1-2-7-20-14/h3-5,8-9,14H,1-2,6-7H2. The van der Waals surface area contributed by atoms with Crippen molar-refractivity contribution in [3.8, 4) is 5.75 Å². The Balaban J connectivity index is 1.77. The number of hydrogen-bond donors (Lipinski definition) is 0. The van der Waals surface area contributed by atoms with Crippen molar-refractivity contribution in [3.05, 3.63) is 41.5 Å². The summed E-state index contributed by atoms with van der Waals surface area (Å²) in [4.78, 5) is 24.0. The smallest absolute Gasteiger partial charge is 0.234 e. The lowest BCUT2D eigenvalue weighted by atomic mass is 10.0. The van der Waals surface area contributed by atoms with Crippen LogP contribution in [0.5, 0.6) is 5.75 Å². The summed E-state index contributed by atoms with van der Waals surface area (Å²) in [7, 11) is 0. The molecule has 1 aliphatic heterocycles. The molecule has 1 atom stereocenters. The van der Waals surface area contributed by atoms with Gasteiger partial charge >= 0.3 is 0 Å². The van der Waals surface area contributed by atoms with Gasteiger partial charge in [0.25, 0.3) is 0 Å². The molecule has 0 spiro atoms. The van der Waals surface area contributed by atoms with Gasteiger partial charge in [0, 0.05) is 22.9 Å². The van der Waals surface area contributed by atoms with Crippen LogP contribution in [0.25, 0.3) is 10.8 Å². The van der Waals surface area contributed by atoms with E-state index < -0.39 is 11.6 Å². The number of carbonyl (C=O) groups is 2. The van der Waals surface area contributed by atoms with E-state index in [0.29, 0.717) is 23.5 Å². The highest BCUT2D eigenvalue weighted by molar-refractivity contribution is 6.57. The topological polar surface area (TPSA) is 52.6 Å². The van der Waals surface area contributed by atoms with Gasteiger partial charge in [-0.05, 0) is 30.4 Å². The van der Waals surface area contributed by atoms with E-state index in [1.165, 1.54) is 0 Å². The second-order valence-corrected chi connectivity index (χ2v) is 5.45. The zero-order valence-corrected chi connectivity index (χ0v) is 11.4. The Bertz CT molecular complexity index is 757. The molecule has 2 aromatic carbocycles. The van der Waals surface area contributed by atoms with Gasteiger partial charge in [0.15, 0.2) is 6.29 Å². The molecule has 1 fully saturated rings. The summed E-state index contributed by atoms with van der Waals surface area (Å²) in [6.07, 6.45) is 2.71. The predicted octanol–water partition coefficient (Wildman–Crippen LogP) is 3.12. The van der Waals surface area contributed by atoms with Gasteiger partial charge in [-0.25, -0.2) is 0 Å². The minimum Gasteiger partial charge on any atom is -0.465 e. The number of carbonyl (C=O) groups excluding carboxylic acids is 2. The molecule has 0 aromatic heterocycles. The second-order valence-electron chi connectivity index (χ2n) is 5.45. The second kappa shape index (κ2) is 4.67. The molecule has 1 aliphatic carbocycles. The van der Waals surface area contributed by atoms with Crippen LogP contribution in [0.4, 0.5) is 0 Å². The highest BCUT2D eigenvalue weighted by atomic mass is 16.7. The van der Waals surface area contributed by atoms with Gasteiger partial charge in [-0.15, -0.1) is 0 Å². The van der Waals surface area contributed by atoms with E-state index in [9.17, 15) is 9.59 Å². The van der Waals surface area contributed by atoms with Gasteiger partial charge in [-0.1, -0.05) is 18.2 Å². The van der Waals surface area contributed by atoms with Gasteiger partial charge < -0.3 is 9.47 Å². The highest BCUT2D eigenvalue weighted by Gasteiger charge is 2.31. The van der Waals surface area contributed by atoms with Gasteiger partial charge in [0.1, 0.15) is 5.75 Å². The van der Waals surface area contributed by atoms with E-state index >= 15 is 0 Å².